The molecule has 0 radical (unpaired) electrons. The molecule has 2 rings (SSSR count). The van der Waals surface area contributed by atoms with E-state index in [0.717, 1.165) is 19.3 Å². The minimum Gasteiger partial charge on any atom is -0.379 e. The van der Waals surface area contributed by atoms with E-state index in [0.29, 0.717) is 29.4 Å². The summed E-state index contributed by atoms with van der Waals surface area (Å²) < 4.78 is 0. The molecule has 114 valence electrons. The van der Waals surface area contributed by atoms with Gasteiger partial charge in [-0.3, -0.25) is 14.9 Å². The standard InChI is InChI=1S/C15H21N3O3/c1-10(2)5-3-4-6-16-13-9-12-11(8-15(19)17-12)7-14(13)18(20)21/h7,9-10,16H,3-6,8H2,1-2H3,(H,17,19). The zero-order valence-corrected chi connectivity index (χ0v) is 12.4. The normalized spacial score (nSPS) is 13.2. The number of unbranched alkanes of at least 4 members (excludes halogenated alkanes) is 1. The topological polar surface area (TPSA) is 84.3 Å². The number of nitrogens with one attached hydrogen (secondary N) is 2. The second-order valence-electron chi connectivity index (χ2n) is 5.82. The second kappa shape index (κ2) is 6.56. The van der Waals surface area contributed by atoms with Crippen molar-refractivity contribution < 1.29 is 9.72 Å². The lowest BCUT2D eigenvalue weighted by molar-refractivity contribution is -0.384. The van der Waals surface area contributed by atoms with Crippen molar-refractivity contribution in [1.29, 1.82) is 0 Å². The van der Waals surface area contributed by atoms with Crippen LogP contribution in [-0.2, 0) is 11.2 Å². The molecule has 1 heterocycles. The summed E-state index contributed by atoms with van der Waals surface area (Å²) >= 11 is 0. The fourth-order valence-electron chi connectivity index (χ4n) is 2.45. The van der Waals surface area contributed by atoms with Gasteiger partial charge >= 0.3 is 0 Å². The molecular weight excluding hydrogens is 270 g/mol. The van der Waals surface area contributed by atoms with Crippen molar-refractivity contribution >= 4 is 23.0 Å². The number of rotatable bonds is 7. The van der Waals surface area contributed by atoms with Crippen molar-refractivity contribution in [2.24, 2.45) is 5.92 Å². The second-order valence-corrected chi connectivity index (χ2v) is 5.82. The quantitative estimate of drug-likeness (QED) is 0.458. The highest BCUT2D eigenvalue weighted by Crippen LogP contribution is 2.34. The molecule has 0 unspecified atom stereocenters. The molecule has 0 aliphatic carbocycles. The van der Waals surface area contributed by atoms with E-state index in [1.807, 2.05) is 0 Å². The molecule has 1 aromatic carbocycles. The van der Waals surface area contributed by atoms with Gasteiger partial charge in [-0.05, 0) is 24.0 Å². The van der Waals surface area contributed by atoms with Crippen molar-refractivity contribution in [3.63, 3.8) is 0 Å². The highest BCUT2D eigenvalue weighted by atomic mass is 16.6. The summed E-state index contributed by atoms with van der Waals surface area (Å²) in [5, 5.41) is 17.0. The maximum Gasteiger partial charge on any atom is 0.292 e. The number of nitro groups is 1. The van der Waals surface area contributed by atoms with Crippen LogP contribution in [0.25, 0.3) is 0 Å². The van der Waals surface area contributed by atoms with Gasteiger partial charge in [0.2, 0.25) is 5.91 Å². The van der Waals surface area contributed by atoms with Gasteiger partial charge in [0.15, 0.2) is 0 Å². The number of nitro benzene ring substituents is 1. The molecule has 0 aromatic heterocycles. The maximum atomic E-state index is 11.4. The molecule has 0 fully saturated rings. The predicted molar refractivity (Wildman–Crippen MR) is 82.6 cm³/mol. The highest BCUT2D eigenvalue weighted by Gasteiger charge is 2.24. The van der Waals surface area contributed by atoms with Crippen LogP contribution in [0, 0.1) is 16.0 Å². The van der Waals surface area contributed by atoms with Crippen LogP contribution in [0.1, 0.15) is 38.7 Å². The molecule has 1 aromatic rings. The number of nitrogens with zero attached hydrogens (tertiary/aromatic N) is 1. The average Bonchev–Trinajstić information content (AvgIpc) is 2.75. The first kappa shape index (κ1) is 15.3. The predicted octanol–water partition coefficient (Wildman–Crippen LogP) is 3.33. The molecule has 1 amide bonds. The Balaban J connectivity index is 2.03. The van der Waals surface area contributed by atoms with E-state index in [9.17, 15) is 14.9 Å². The Morgan fingerprint density at radius 2 is 2.14 bits per heavy atom. The van der Waals surface area contributed by atoms with Crippen molar-refractivity contribution in [2.45, 2.75) is 39.5 Å². The molecule has 0 spiro atoms. The first-order valence-corrected chi connectivity index (χ1v) is 7.32. The van der Waals surface area contributed by atoms with Crippen LogP contribution < -0.4 is 10.6 Å². The first-order valence-electron chi connectivity index (χ1n) is 7.32. The molecule has 6 nitrogen and oxygen atoms in total. The fourth-order valence-corrected chi connectivity index (χ4v) is 2.45. The first-order chi connectivity index (χ1) is 9.97. The van der Waals surface area contributed by atoms with Gasteiger partial charge in [0.25, 0.3) is 5.69 Å². The number of benzene rings is 1. The van der Waals surface area contributed by atoms with Gasteiger partial charge < -0.3 is 10.6 Å². The lowest BCUT2D eigenvalue weighted by atomic mass is 10.1. The Morgan fingerprint density at radius 3 is 2.81 bits per heavy atom. The minimum absolute atomic E-state index is 0.0362. The summed E-state index contributed by atoms with van der Waals surface area (Å²) in [6.07, 6.45) is 3.44. The minimum atomic E-state index is -0.403. The Kier molecular flexibility index (Phi) is 4.77. The number of hydrogen-bond donors (Lipinski definition) is 2. The molecule has 0 atom stereocenters. The SMILES string of the molecule is CC(C)CCCCNc1cc2c(cc1[N+](=O)[O-])CC(=O)N2. The summed E-state index contributed by atoms with van der Waals surface area (Å²) in [5.74, 6) is 0.558. The zero-order chi connectivity index (χ0) is 15.4. The Labute approximate surface area is 124 Å². The maximum absolute atomic E-state index is 11.4. The van der Waals surface area contributed by atoms with E-state index >= 15 is 0 Å². The van der Waals surface area contributed by atoms with Crippen LogP contribution in [0.5, 0.6) is 0 Å². The van der Waals surface area contributed by atoms with Gasteiger partial charge in [-0.2, -0.15) is 0 Å². The average molecular weight is 291 g/mol. The molecule has 0 bridgehead atoms. The van der Waals surface area contributed by atoms with Crippen molar-refractivity contribution in [2.75, 3.05) is 17.2 Å². The number of fused-ring (bicyclic) bond motifs is 1. The molecule has 6 heteroatoms. The number of hydrogen-bond acceptors (Lipinski definition) is 4. The van der Waals surface area contributed by atoms with Gasteiger partial charge in [0.05, 0.1) is 11.3 Å². The van der Waals surface area contributed by atoms with Crippen LogP contribution in [-0.4, -0.2) is 17.4 Å². The summed E-state index contributed by atoms with van der Waals surface area (Å²) in [6.45, 7) is 5.06. The summed E-state index contributed by atoms with van der Waals surface area (Å²) in [7, 11) is 0. The Bertz CT molecular complexity index is 555. The van der Waals surface area contributed by atoms with Crippen LogP contribution in [0.2, 0.25) is 0 Å². The lowest BCUT2D eigenvalue weighted by Crippen LogP contribution is -2.06. The Hall–Kier alpha value is -2.11. The molecule has 1 aliphatic heterocycles. The molecule has 0 saturated heterocycles. The van der Waals surface area contributed by atoms with Crippen LogP contribution in [0.15, 0.2) is 12.1 Å². The molecule has 0 saturated carbocycles. The summed E-state index contributed by atoms with van der Waals surface area (Å²) in [6, 6.07) is 3.16. The van der Waals surface area contributed by atoms with Gasteiger partial charge in [-0.15, -0.1) is 0 Å². The third kappa shape index (κ3) is 3.93. The zero-order valence-electron chi connectivity index (χ0n) is 12.4. The van der Waals surface area contributed by atoms with Gasteiger partial charge in [0.1, 0.15) is 5.69 Å². The number of amides is 1. The number of carbonyl (C=O) groups is 1. The third-order valence-electron chi connectivity index (χ3n) is 3.57. The summed E-state index contributed by atoms with van der Waals surface area (Å²) in [5.41, 5.74) is 1.88. The number of carbonyl (C=O) groups excluding carboxylic acids is 1. The van der Waals surface area contributed by atoms with Crippen LogP contribution >= 0.6 is 0 Å². The van der Waals surface area contributed by atoms with Crippen molar-refractivity contribution in [3.05, 3.63) is 27.8 Å². The largest absolute Gasteiger partial charge is 0.379 e. The van der Waals surface area contributed by atoms with E-state index in [-0.39, 0.29) is 18.0 Å². The van der Waals surface area contributed by atoms with Gasteiger partial charge in [0, 0.05) is 18.3 Å². The van der Waals surface area contributed by atoms with Crippen LogP contribution in [0.4, 0.5) is 17.1 Å². The van der Waals surface area contributed by atoms with Crippen molar-refractivity contribution in [1.82, 2.24) is 0 Å². The molecule has 1 aliphatic rings. The third-order valence-corrected chi connectivity index (χ3v) is 3.57. The monoisotopic (exact) mass is 291 g/mol. The summed E-state index contributed by atoms with van der Waals surface area (Å²) in [4.78, 5) is 22.1. The van der Waals surface area contributed by atoms with E-state index < -0.39 is 4.92 Å². The van der Waals surface area contributed by atoms with Gasteiger partial charge in [-0.1, -0.05) is 26.7 Å². The number of anilines is 2. The fraction of sp³-hybridized carbons (Fsp3) is 0.533. The van der Waals surface area contributed by atoms with E-state index in [2.05, 4.69) is 24.5 Å². The smallest absolute Gasteiger partial charge is 0.292 e. The van der Waals surface area contributed by atoms with E-state index in [1.54, 1.807) is 6.07 Å². The molecular formula is C15H21N3O3. The van der Waals surface area contributed by atoms with Crippen LogP contribution in [0.3, 0.4) is 0 Å². The Morgan fingerprint density at radius 1 is 1.38 bits per heavy atom. The molecule has 2 N–H and O–H groups in total. The highest BCUT2D eigenvalue weighted by molar-refractivity contribution is 6.00. The van der Waals surface area contributed by atoms with E-state index in [4.69, 9.17) is 0 Å². The van der Waals surface area contributed by atoms with E-state index in [1.165, 1.54) is 6.07 Å². The lowest BCUT2D eigenvalue weighted by Gasteiger charge is -2.10. The van der Waals surface area contributed by atoms with Crippen molar-refractivity contribution in [3.8, 4) is 0 Å². The molecule has 21 heavy (non-hydrogen) atoms. The van der Waals surface area contributed by atoms with Gasteiger partial charge in [-0.25, -0.2) is 0 Å².